The Kier molecular flexibility index (Phi) is 4.88. The SMILES string of the molecule is CCC1NC(Cc2ccccc2)C(=O)N1CCC(F)(F)F. The molecular formula is C15H19F3N2O. The van der Waals surface area contributed by atoms with Gasteiger partial charge in [-0.3, -0.25) is 10.1 Å². The molecule has 1 aromatic carbocycles. The molecule has 1 saturated heterocycles. The number of halogens is 3. The molecule has 3 nitrogen and oxygen atoms in total. The molecule has 0 bridgehead atoms. The number of hydrogen-bond acceptors (Lipinski definition) is 2. The minimum Gasteiger partial charge on any atom is -0.325 e. The van der Waals surface area contributed by atoms with E-state index in [1.54, 1.807) is 0 Å². The number of nitrogens with one attached hydrogen (secondary N) is 1. The monoisotopic (exact) mass is 300 g/mol. The zero-order valence-electron chi connectivity index (χ0n) is 11.9. The van der Waals surface area contributed by atoms with E-state index in [0.717, 1.165) is 5.56 Å². The molecule has 116 valence electrons. The van der Waals surface area contributed by atoms with Crippen LogP contribution < -0.4 is 5.32 Å². The number of benzene rings is 1. The van der Waals surface area contributed by atoms with Crippen molar-refractivity contribution in [2.24, 2.45) is 0 Å². The molecule has 1 amide bonds. The first-order valence-corrected chi connectivity index (χ1v) is 7.08. The van der Waals surface area contributed by atoms with E-state index in [1.807, 2.05) is 37.3 Å². The van der Waals surface area contributed by atoms with Gasteiger partial charge in [0.25, 0.3) is 0 Å². The van der Waals surface area contributed by atoms with Crippen LogP contribution in [0.2, 0.25) is 0 Å². The van der Waals surface area contributed by atoms with Crippen LogP contribution >= 0.6 is 0 Å². The van der Waals surface area contributed by atoms with Crippen molar-refractivity contribution in [3.05, 3.63) is 35.9 Å². The fourth-order valence-corrected chi connectivity index (χ4v) is 2.59. The van der Waals surface area contributed by atoms with Crippen molar-refractivity contribution in [2.45, 2.75) is 44.6 Å². The van der Waals surface area contributed by atoms with E-state index in [1.165, 1.54) is 4.90 Å². The van der Waals surface area contributed by atoms with E-state index in [-0.39, 0.29) is 18.6 Å². The van der Waals surface area contributed by atoms with Crippen LogP contribution in [0.4, 0.5) is 13.2 Å². The summed E-state index contributed by atoms with van der Waals surface area (Å²) in [7, 11) is 0. The molecule has 0 saturated carbocycles. The normalized spacial score (nSPS) is 22.9. The molecule has 1 aliphatic rings. The van der Waals surface area contributed by atoms with Crippen LogP contribution in [0.25, 0.3) is 0 Å². The van der Waals surface area contributed by atoms with Gasteiger partial charge in [-0.25, -0.2) is 0 Å². The molecule has 2 atom stereocenters. The molecule has 1 N–H and O–H groups in total. The zero-order valence-corrected chi connectivity index (χ0v) is 11.9. The van der Waals surface area contributed by atoms with E-state index in [0.29, 0.717) is 12.8 Å². The lowest BCUT2D eigenvalue weighted by Gasteiger charge is -2.23. The number of amides is 1. The highest BCUT2D eigenvalue weighted by atomic mass is 19.4. The molecular weight excluding hydrogens is 281 g/mol. The molecule has 6 heteroatoms. The molecule has 0 spiro atoms. The van der Waals surface area contributed by atoms with Gasteiger partial charge in [0.1, 0.15) is 0 Å². The van der Waals surface area contributed by atoms with Gasteiger partial charge in [0.2, 0.25) is 5.91 Å². The van der Waals surface area contributed by atoms with Gasteiger partial charge < -0.3 is 4.90 Å². The second-order valence-corrected chi connectivity index (χ2v) is 5.23. The third kappa shape index (κ3) is 4.20. The standard InChI is InChI=1S/C15H19F3N2O/c1-2-13-19-12(10-11-6-4-3-5-7-11)14(21)20(13)9-8-15(16,17)18/h3-7,12-13,19H,2,8-10H2,1H3. The van der Waals surface area contributed by atoms with Gasteiger partial charge in [0.15, 0.2) is 0 Å². The van der Waals surface area contributed by atoms with E-state index >= 15 is 0 Å². The predicted octanol–water partition coefficient (Wildman–Crippen LogP) is 2.72. The van der Waals surface area contributed by atoms with E-state index in [4.69, 9.17) is 0 Å². The molecule has 21 heavy (non-hydrogen) atoms. The maximum atomic E-state index is 12.4. The van der Waals surface area contributed by atoms with Crippen LogP contribution in [0, 0.1) is 0 Å². The summed E-state index contributed by atoms with van der Waals surface area (Å²) in [6.45, 7) is 1.58. The Morgan fingerprint density at radius 1 is 1.24 bits per heavy atom. The Hall–Kier alpha value is -1.56. The fourth-order valence-electron chi connectivity index (χ4n) is 2.59. The largest absolute Gasteiger partial charge is 0.390 e. The molecule has 0 aliphatic carbocycles. The van der Waals surface area contributed by atoms with Crippen molar-refractivity contribution >= 4 is 5.91 Å². The quantitative estimate of drug-likeness (QED) is 0.907. The van der Waals surface area contributed by atoms with Crippen LogP contribution in [0.15, 0.2) is 30.3 Å². The van der Waals surface area contributed by atoms with E-state index in [9.17, 15) is 18.0 Å². The number of nitrogens with zero attached hydrogens (tertiary/aromatic N) is 1. The summed E-state index contributed by atoms with van der Waals surface area (Å²) in [6, 6.07) is 9.03. The summed E-state index contributed by atoms with van der Waals surface area (Å²) in [4.78, 5) is 13.6. The van der Waals surface area contributed by atoms with Gasteiger partial charge in [0, 0.05) is 6.54 Å². The third-order valence-electron chi connectivity index (χ3n) is 3.66. The maximum Gasteiger partial charge on any atom is 0.390 e. The lowest BCUT2D eigenvalue weighted by atomic mass is 10.1. The number of alkyl halides is 3. The van der Waals surface area contributed by atoms with Crippen molar-refractivity contribution in [2.75, 3.05) is 6.54 Å². The summed E-state index contributed by atoms with van der Waals surface area (Å²) < 4.78 is 37.1. The highest BCUT2D eigenvalue weighted by Crippen LogP contribution is 2.23. The second kappa shape index (κ2) is 6.47. The first-order chi connectivity index (χ1) is 9.90. The molecule has 2 unspecified atom stereocenters. The van der Waals surface area contributed by atoms with Crippen molar-refractivity contribution in [1.82, 2.24) is 10.2 Å². The highest BCUT2D eigenvalue weighted by molar-refractivity contribution is 5.84. The van der Waals surface area contributed by atoms with Gasteiger partial charge in [-0.2, -0.15) is 13.2 Å². The Labute approximate surface area is 122 Å². The second-order valence-electron chi connectivity index (χ2n) is 5.23. The molecule has 1 heterocycles. The van der Waals surface area contributed by atoms with E-state index < -0.39 is 18.6 Å². The van der Waals surface area contributed by atoms with Crippen molar-refractivity contribution in [3.63, 3.8) is 0 Å². The van der Waals surface area contributed by atoms with Crippen LogP contribution in [0.1, 0.15) is 25.3 Å². The van der Waals surface area contributed by atoms with Crippen molar-refractivity contribution < 1.29 is 18.0 Å². The summed E-state index contributed by atoms with van der Waals surface area (Å²) in [6.07, 6.45) is -4.42. The maximum absolute atomic E-state index is 12.4. The number of carbonyl (C=O) groups excluding carboxylic acids is 1. The zero-order chi connectivity index (χ0) is 15.5. The van der Waals surface area contributed by atoms with Crippen molar-refractivity contribution in [3.8, 4) is 0 Å². The third-order valence-corrected chi connectivity index (χ3v) is 3.66. The summed E-state index contributed by atoms with van der Waals surface area (Å²) in [5.41, 5.74) is 0.996. The lowest BCUT2D eigenvalue weighted by molar-refractivity contribution is -0.145. The first kappa shape index (κ1) is 15.8. The number of hydrogen-bond donors (Lipinski definition) is 1. The topological polar surface area (TPSA) is 32.3 Å². The average molecular weight is 300 g/mol. The number of rotatable bonds is 5. The molecule has 1 aromatic rings. The molecule has 0 radical (unpaired) electrons. The summed E-state index contributed by atoms with van der Waals surface area (Å²) in [5.74, 6) is -0.241. The van der Waals surface area contributed by atoms with Crippen molar-refractivity contribution in [1.29, 1.82) is 0 Å². The molecule has 1 aliphatic heterocycles. The molecule has 1 fully saturated rings. The van der Waals surface area contributed by atoms with Gasteiger partial charge in [-0.1, -0.05) is 37.3 Å². The predicted molar refractivity (Wildman–Crippen MR) is 73.5 cm³/mol. The van der Waals surface area contributed by atoms with Gasteiger partial charge in [-0.15, -0.1) is 0 Å². The minimum atomic E-state index is -4.24. The van der Waals surface area contributed by atoms with Crippen LogP contribution in [0.5, 0.6) is 0 Å². The molecule has 0 aromatic heterocycles. The lowest BCUT2D eigenvalue weighted by Crippen LogP contribution is -2.38. The average Bonchev–Trinajstić information content (AvgIpc) is 2.73. The van der Waals surface area contributed by atoms with Crippen LogP contribution in [0.3, 0.4) is 0 Å². The Morgan fingerprint density at radius 3 is 2.48 bits per heavy atom. The summed E-state index contributed by atoms with van der Waals surface area (Å²) >= 11 is 0. The van der Waals surface area contributed by atoms with Crippen LogP contribution in [-0.4, -0.2) is 35.7 Å². The highest BCUT2D eigenvalue weighted by Gasteiger charge is 2.39. The van der Waals surface area contributed by atoms with Gasteiger partial charge in [-0.05, 0) is 18.4 Å². The van der Waals surface area contributed by atoms with Crippen LogP contribution in [-0.2, 0) is 11.2 Å². The Balaban J connectivity index is 2.01. The van der Waals surface area contributed by atoms with Gasteiger partial charge >= 0.3 is 6.18 Å². The minimum absolute atomic E-state index is 0.241. The Morgan fingerprint density at radius 2 is 1.90 bits per heavy atom. The number of carbonyl (C=O) groups is 1. The smallest absolute Gasteiger partial charge is 0.325 e. The first-order valence-electron chi connectivity index (χ1n) is 7.08. The summed E-state index contributed by atoms with van der Waals surface area (Å²) in [5, 5.41) is 3.13. The fraction of sp³-hybridized carbons (Fsp3) is 0.533. The molecule has 2 rings (SSSR count). The van der Waals surface area contributed by atoms with E-state index in [2.05, 4.69) is 5.32 Å². The Bertz CT molecular complexity index is 476. The van der Waals surface area contributed by atoms with Gasteiger partial charge in [0.05, 0.1) is 18.6 Å².